The van der Waals surface area contributed by atoms with Gasteiger partial charge < -0.3 is 9.84 Å². The molecule has 1 N–H and O–H groups in total. The lowest BCUT2D eigenvalue weighted by Gasteiger charge is -2.39. The number of rotatable bonds is 4. The van der Waals surface area contributed by atoms with Crippen LogP contribution in [-0.2, 0) is 9.53 Å². The Kier molecular flexibility index (Phi) is 5.23. The molecule has 1 aliphatic heterocycles. The van der Waals surface area contributed by atoms with Crippen molar-refractivity contribution in [2.45, 2.75) is 50.9 Å². The van der Waals surface area contributed by atoms with Gasteiger partial charge in [0.25, 0.3) is 0 Å². The van der Waals surface area contributed by atoms with Crippen LogP contribution in [0.15, 0.2) is 29.3 Å². The van der Waals surface area contributed by atoms with E-state index < -0.39 is 11.9 Å². The van der Waals surface area contributed by atoms with Crippen LogP contribution in [0.1, 0.15) is 44.6 Å². The average molecular weight is 351 g/mol. The number of carbonyl (C=O) groups is 1. The number of hydrogen-bond acceptors (Lipinski definition) is 5. The third kappa shape index (κ3) is 3.34. The van der Waals surface area contributed by atoms with E-state index in [1.54, 1.807) is 24.0 Å². The number of benzene rings is 1. The molecule has 0 saturated heterocycles. The molecule has 6 heteroatoms. The first-order valence-electron chi connectivity index (χ1n) is 8.52. The predicted octanol–water partition coefficient (Wildman–Crippen LogP) is 2.99. The Bertz CT molecular complexity index is 641. The number of carbonyl (C=O) groups excluding carboxylic acids is 1. The zero-order valence-electron chi connectivity index (χ0n) is 13.9. The smallest absolute Gasteiger partial charge is 0.320 e. The number of aliphatic hydroxyl groups excluding tert-OH is 1. The largest absolute Gasteiger partial charge is 0.465 e. The van der Waals surface area contributed by atoms with E-state index in [0.29, 0.717) is 17.3 Å². The van der Waals surface area contributed by atoms with Crippen LogP contribution >= 0.6 is 11.6 Å². The number of halogens is 1. The Morgan fingerprint density at radius 2 is 2.17 bits per heavy atom. The summed E-state index contributed by atoms with van der Waals surface area (Å²) >= 11 is 6.09. The molecule has 1 aromatic carbocycles. The summed E-state index contributed by atoms with van der Waals surface area (Å²) in [5.41, 5.74) is 0.872. The van der Waals surface area contributed by atoms with Gasteiger partial charge >= 0.3 is 5.97 Å². The summed E-state index contributed by atoms with van der Waals surface area (Å²) in [6.07, 6.45) is 4.00. The molecule has 0 bridgehead atoms. The number of hydrogen-bond donors (Lipinski definition) is 1. The molecule has 1 heterocycles. The number of aliphatic hydroxyl groups is 1. The monoisotopic (exact) mass is 350 g/mol. The third-order valence-electron chi connectivity index (χ3n) is 4.78. The molecule has 3 rings (SSSR count). The minimum atomic E-state index is -0.925. The molecular weight excluding hydrogens is 328 g/mol. The molecule has 1 spiro atoms. The van der Waals surface area contributed by atoms with E-state index in [0.717, 1.165) is 37.7 Å². The second-order valence-electron chi connectivity index (χ2n) is 6.36. The maximum atomic E-state index is 12.0. The van der Waals surface area contributed by atoms with Crippen LogP contribution in [0.2, 0.25) is 5.02 Å². The summed E-state index contributed by atoms with van der Waals surface area (Å²) in [5, 5.41) is 11.5. The molecule has 0 radical (unpaired) electrons. The van der Waals surface area contributed by atoms with E-state index in [2.05, 4.69) is 0 Å². The summed E-state index contributed by atoms with van der Waals surface area (Å²) < 4.78 is 5.08. The topological polar surface area (TPSA) is 62.1 Å². The number of esters is 1. The van der Waals surface area contributed by atoms with Crippen LogP contribution in [0.25, 0.3) is 0 Å². The second kappa shape index (κ2) is 7.21. The lowest BCUT2D eigenvalue weighted by atomic mass is 9.88. The van der Waals surface area contributed by atoms with Gasteiger partial charge in [0, 0.05) is 10.6 Å². The van der Waals surface area contributed by atoms with E-state index in [-0.39, 0.29) is 12.5 Å². The second-order valence-corrected chi connectivity index (χ2v) is 6.79. The summed E-state index contributed by atoms with van der Waals surface area (Å²) in [6.45, 7) is 2.16. The van der Waals surface area contributed by atoms with Gasteiger partial charge in [-0.3, -0.25) is 9.79 Å². The summed E-state index contributed by atoms with van der Waals surface area (Å²) in [7, 11) is 0. The van der Waals surface area contributed by atoms with E-state index in [4.69, 9.17) is 21.3 Å². The maximum absolute atomic E-state index is 12.0. The van der Waals surface area contributed by atoms with Crippen molar-refractivity contribution in [3.05, 3.63) is 34.9 Å². The van der Waals surface area contributed by atoms with Gasteiger partial charge in [0.15, 0.2) is 6.23 Å². The minimum absolute atomic E-state index is 0.0442. The van der Waals surface area contributed by atoms with Crippen molar-refractivity contribution >= 4 is 23.3 Å². The fourth-order valence-electron chi connectivity index (χ4n) is 3.68. The fourth-order valence-corrected chi connectivity index (χ4v) is 3.87. The molecule has 2 aliphatic rings. The molecule has 1 aliphatic carbocycles. The van der Waals surface area contributed by atoms with Gasteiger partial charge in [-0.25, -0.2) is 4.90 Å². The van der Waals surface area contributed by atoms with Gasteiger partial charge in [0.1, 0.15) is 12.2 Å². The van der Waals surface area contributed by atoms with Gasteiger partial charge in [-0.15, -0.1) is 0 Å². The van der Waals surface area contributed by atoms with Crippen LogP contribution in [0.4, 0.5) is 0 Å². The van der Waals surface area contributed by atoms with E-state index in [1.165, 1.54) is 0 Å². The Hall–Kier alpha value is -1.43. The van der Waals surface area contributed by atoms with Gasteiger partial charge in [-0.05, 0) is 44.7 Å². The zero-order chi connectivity index (χ0) is 17.2. The molecule has 0 aromatic heterocycles. The van der Waals surface area contributed by atoms with Gasteiger partial charge in [-0.2, -0.15) is 0 Å². The third-order valence-corrected chi connectivity index (χ3v) is 5.02. The van der Waals surface area contributed by atoms with E-state index >= 15 is 0 Å². The van der Waals surface area contributed by atoms with Gasteiger partial charge in [0.2, 0.25) is 0 Å². The SMILES string of the molecule is CCOC(=O)CN1C(O)C(c2cccc(Cl)c2)=NC12CCCCC2. The van der Waals surface area contributed by atoms with Gasteiger partial charge in [0.05, 0.1) is 12.3 Å². The van der Waals surface area contributed by atoms with Gasteiger partial charge in [-0.1, -0.05) is 30.2 Å². The predicted molar refractivity (Wildman–Crippen MR) is 93.2 cm³/mol. The fraction of sp³-hybridized carbons (Fsp3) is 0.556. The summed E-state index contributed by atoms with van der Waals surface area (Å²) in [5.74, 6) is -0.330. The lowest BCUT2D eigenvalue weighted by molar-refractivity contribution is -0.149. The van der Waals surface area contributed by atoms with Crippen molar-refractivity contribution in [2.75, 3.05) is 13.2 Å². The molecule has 1 saturated carbocycles. The Labute approximate surface area is 147 Å². The molecule has 130 valence electrons. The zero-order valence-corrected chi connectivity index (χ0v) is 14.6. The van der Waals surface area contributed by atoms with Crippen molar-refractivity contribution in [1.29, 1.82) is 0 Å². The molecule has 1 aromatic rings. The highest BCUT2D eigenvalue weighted by Gasteiger charge is 2.48. The molecule has 1 fully saturated rings. The van der Waals surface area contributed by atoms with Crippen molar-refractivity contribution in [3.8, 4) is 0 Å². The Morgan fingerprint density at radius 3 is 2.83 bits per heavy atom. The lowest BCUT2D eigenvalue weighted by Crippen LogP contribution is -2.52. The first kappa shape index (κ1) is 17.4. The normalized spacial score (nSPS) is 23.3. The van der Waals surface area contributed by atoms with Crippen molar-refractivity contribution in [1.82, 2.24) is 4.90 Å². The van der Waals surface area contributed by atoms with Crippen LogP contribution in [0.3, 0.4) is 0 Å². The van der Waals surface area contributed by atoms with Crippen molar-refractivity contribution < 1.29 is 14.6 Å². The highest BCUT2D eigenvalue weighted by Crippen LogP contribution is 2.41. The molecule has 24 heavy (non-hydrogen) atoms. The first-order chi connectivity index (χ1) is 11.6. The number of aliphatic imine (C=N–C) groups is 1. The molecular formula is C18H23ClN2O3. The summed E-state index contributed by atoms with van der Waals surface area (Å²) in [4.78, 5) is 18.7. The standard InChI is InChI=1S/C18H23ClN2O3/c1-2-24-15(22)12-21-17(23)16(13-7-6-8-14(19)11-13)20-18(21)9-4-3-5-10-18/h6-8,11,17,23H,2-5,9-10,12H2,1H3. The van der Waals surface area contributed by atoms with Crippen molar-refractivity contribution in [3.63, 3.8) is 0 Å². The van der Waals surface area contributed by atoms with E-state index in [1.807, 2.05) is 12.1 Å². The number of nitrogens with zero attached hydrogens (tertiary/aromatic N) is 2. The molecule has 1 unspecified atom stereocenters. The number of ether oxygens (including phenoxy) is 1. The van der Waals surface area contributed by atoms with Crippen LogP contribution in [0, 0.1) is 0 Å². The minimum Gasteiger partial charge on any atom is -0.465 e. The highest BCUT2D eigenvalue weighted by molar-refractivity contribution is 6.31. The Morgan fingerprint density at radius 1 is 1.42 bits per heavy atom. The van der Waals surface area contributed by atoms with Crippen molar-refractivity contribution in [2.24, 2.45) is 4.99 Å². The average Bonchev–Trinajstić information content (AvgIpc) is 2.82. The molecule has 1 atom stereocenters. The first-order valence-corrected chi connectivity index (χ1v) is 8.90. The van der Waals surface area contributed by atoms with E-state index in [9.17, 15) is 9.90 Å². The van der Waals surface area contributed by atoms with Crippen LogP contribution in [-0.4, -0.2) is 46.7 Å². The molecule has 0 amide bonds. The quantitative estimate of drug-likeness (QED) is 0.848. The summed E-state index contributed by atoms with van der Waals surface area (Å²) in [6, 6.07) is 7.32. The Balaban J connectivity index is 1.93. The molecule has 5 nitrogen and oxygen atoms in total. The highest BCUT2D eigenvalue weighted by atomic mass is 35.5. The van der Waals surface area contributed by atoms with Crippen LogP contribution < -0.4 is 0 Å². The van der Waals surface area contributed by atoms with Crippen LogP contribution in [0.5, 0.6) is 0 Å². The maximum Gasteiger partial charge on any atom is 0.320 e.